The Kier molecular flexibility index (Phi) is 4.08. The fourth-order valence-electron chi connectivity index (χ4n) is 2.98. The Labute approximate surface area is 149 Å². The molecule has 0 N–H and O–H groups in total. The maximum atomic E-state index is 13.7. The van der Waals surface area contributed by atoms with E-state index in [2.05, 4.69) is 4.99 Å². The van der Waals surface area contributed by atoms with E-state index in [0.29, 0.717) is 18.5 Å². The second-order valence-corrected chi connectivity index (χ2v) is 6.05. The molecule has 0 aromatic heterocycles. The zero-order valence-corrected chi connectivity index (χ0v) is 13.8. The van der Waals surface area contributed by atoms with Crippen molar-refractivity contribution in [3.05, 3.63) is 71.2 Å². The van der Waals surface area contributed by atoms with E-state index in [4.69, 9.17) is 4.74 Å². The number of hydrogen-bond acceptors (Lipinski definition) is 4. The Hall–Kier alpha value is -3.28. The Balaban J connectivity index is 1.59. The van der Waals surface area contributed by atoms with Crippen molar-refractivity contribution in [3.63, 3.8) is 0 Å². The van der Waals surface area contributed by atoms with Crippen LogP contribution in [-0.2, 0) is 14.3 Å². The molecule has 0 unspecified atom stereocenters. The molecule has 2 aromatic rings. The standard InChI is InChI=1S/C20H15FN2O3/c21-16-5-2-1-4-14(16)12-17-20(25)26-19(22-17)13-7-9-15(10-8-13)23-11-3-6-18(23)24/h1-2,4-5,7-10,12H,3,6,11H2/b17-12-. The highest BCUT2D eigenvalue weighted by molar-refractivity contribution is 6.13. The minimum atomic E-state index is -0.623. The first-order chi connectivity index (χ1) is 12.6. The molecule has 6 heteroatoms. The number of benzene rings is 2. The molecule has 1 amide bonds. The monoisotopic (exact) mass is 350 g/mol. The van der Waals surface area contributed by atoms with E-state index in [1.165, 1.54) is 12.1 Å². The van der Waals surface area contributed by atoms with Crippen LogP contribution in [0.1, 0.15) is 24.0 Å². The topological polar surface area (TPSA) is 59.0 Å². The predicted molar refractivity (Wildman–Crippen MR) is 95.0 cm³/mol. The molecule has 0 atom stereocenters. The van der Waals surface area contributed by atoms with Gasteiger partial charge in [0.1, 0.15) is 5.82 Å². The van der Waals surface area contributed by atoms with Crippen LogP contribution in [0.5, 0.6) is 0 Å². The predicted octanol–water partition coefficient (Wildman–Crippen LogP) is 3.30. The number of aliphatic imine (C=N–C) groups is 1. The summed E-state index contributed by atoms with van der Waals surface area (Å²) in [6, 6.07) is 13.2. The number of hydrogen-bond donors (Lipinski definition) is 0. The number of halogens is 1. The number of anilines is 1. The molecule has 0 radical (unpaired) electrons. The average molecular weight is 350 g/mol. The summed E-state index contributed by atoms with van der Waals surface area (Å²) in [6.45, 7) is 0.712. The number of carbonyl (C=O) groups is 2. The van der Waals surface area contributed by atoms with Gasteiger partial charge < -0.3 is 9.64 Å². The Morgan fingerprint density at radius 3 is 2.54 bits per heavy atom. The molecule has 0 bridgehead atoms. The molecule has 2 aliphatic rings. The lowest BCUT2D eigenvalue weighted by molar-refractivity contribution is -0.130. The van der Waals surface area contributed by atoms with Gasteiger partial charge in [0.05, 0.1) is 0 Å². The molecular weight excluding hydrogens is 335 g/mol. The van der Waals surface area contributed by atoms with Gasteiger partial charge in [-0.2, -0.15) is 0 Å². The summed E-state index contributed by atoms with van der Waals surface area (Å²) in [6.07, 6.45) is 2.79. The maximum absolute atomic E-state index is 13.7. The van der Waals surface area contributed by atoms with Gasteiger partial charge in [0.2, 0.25) is 11.8 Å². The number of nitrogens with zero attached hydrogens (tertiary/aromatic N) is 2. The number of rotatable bonds is 3. The van der Waals surface area contributed by atoms with Gasteiger partial charge in [-0.25, -0.2) is 14.2 Å². The van der Waals surface area contributed by atoms with Gasteiger partial charge in [-0.1, -0.05) is 18.2 Å². The smallest absolute Gasteiger partial charge is 0.363 e. The van der Waals surface area contributed by atoms with Gasteiger partial charge in [-0.15, -0.1) is 0 Å². The van der Waals surface area contributed by atoms with Crippen molar-refractivity contribution < 1.29 is 18.7 Å². The SMILES string of the molecule is O=C1OC(c2ccc(N3CCCC3=O)cc2)=N/C1=C\c1ccccc1F. The third kappa shape index (κ3) is 3.01. The van der Waals surface area contributed by atoms with Crippen LogP contribution in [0.4, 0.5) is 10.1 Å². The summed E-state index contributed by atoms with van der Waals surface area (Å²) < 4.78 is 18.9. The van der Waals surface area contributed by atoms with Crippen LogP contribution >= 0.6 is 0 Å². The van der Waals surface area contributed by atoms with Gasteiger partial charge in [0, 0.05) is 29.8 Å². The Bertz CT molecular complexity index is 948. The molecule has 0 saturated carbocycles. The van der Waals surface area contributed by atoms with Gasteiger partial charge >= 0.3 is 5.97 Å². The molecule has 1 saturated heterocycles. The van der Waals surface area contributed by atoms with Crippen molar-refractivity contribution in [1.29, 1.82) is 0 Å². The summed E-state index contributed by atoms with van der Waals surface area (Å²) in [7, 11) is 0. The van der Waals surface area contributed by atoms with Crippen LogP contribution in [0.2, 0.25) is 0 Å². The van der Waals surface area contributed by atoms with Crippen LogP contribution in [-0.4, -0.2) is 24.3 Å². The second kappa shape index (κ2) is 6.55. The van der Waals surface area contributed by atoms with E-state index in [1.54, 1.807) is 47.4 Å². The summed E-state index contributed by atoms with van der Waals surface area (Å²) in [5.41, 5.74) is 1.74. The van der Waals surface area contributed by atoms with Crippen molar-refractivity contribution in [3.8, 4) is 0 Å². The number of ether oxygens (including phenoxy) is 1. The lowest BCUT2D eigenvalue weighted by Crippen LogP contribution is -2.23. The molecule has 130 valence electrons. The van der Waals surface area contributed by atoms with Crippen molar-refractivity contribution >= 4 is 29.5 Å². The number of carbonyl (C=O) groups excluding carboxylic acids is 2. The molecule has 2 heterocycles. The summed E-state index contributed by atoms with van der Waals surface area (Å²) in [5.74, 6) is -0.785. The minimum Gasteiger partial charge on any atom is -0.402 e. The van der Waals surface area contributed by atoms with E-state index in [0.717, 1.165) is 12.1 Å². The van der Waals surface area contributed by atoms with Gasteiger partial charge in [-0.3, -0.25) is 4.79 Å². The first-order valence-corrected chi connectivity index (χ1v) is 8.30. The number of amides is 1. The van der Waals surface area contributed by atoms with Crippen LogP contribution < -0.4 is 4.90 Å². The molecule has 0 spiro atoms. The minimum absolute atomic E-state index is 0.0453. The zero-order chi connectivity index (χ0) is 18.1. The number of esters is 1. The molecule has 5 nitrogen and oxygen atoms in total. The summed E-state index contributed by atoms with van der Waals surface area (Å²) in [4.78, 5) is 29.7. The Morgan fingerprint density at radius 2 is 1.85 bits per heavy atom. The molecule has 2 aliphatic heterocycles. The summed E-state index contributed by atoms with van der Waals surface area (Å²) in [5, 5.41) is 0. The fourth-order valence-corrected chi connectivity index (χ4v) is 2.98. The molecule has 1 fully saturated rings. The van der Waals surface area contributed by atoms with Crippen LogP contribution in [0, 0.1) is 5.82 Å². The van der Waals surface area contributed by atoms with E-state index < -0.39 is 11.8 Å². The molecular formula is C20H15FN2O3. The average Bonchev–Trinajstić information content (AvgIpc) is 3.23. The highest BCUT2D eigenvalue weighted by Crippen LogP contribution is 2.24. The number of cyclic esters (lactones) is 1. The Morgan fingerprint density at radius 1 is 1.08 bits per heavy atom. The van der Waals surface area contributed by atoms with Crippen LogP contribution in [0.15, 0.2) is 59.2 Å². The van der Waals surface area contributed by atoms with Crippen molar-refractivity contribution in [2.75, 3.05) is 11.4 Å². The highest BCUT2D eigenvalue weighted by Gasteiger charge is 2.25. The van der Waals surface area contributed by atoms with Gasteiger partial charge in [0.15, 0.2) is 5.70 Å². The first-order valence-electron chi connectivity index (χ1n) is 8.30. The first kappa shape index (κ1) is 16.2. The third-order valence-corrected chi connectivity index (χ3v) is 4.32. The lowest BCUT2D eigenvalue weighted by Gasteiger charge is -2.15. The van der Waals surface area contributed by atoms with Crippen LogP contribution in [0.3, 0.4) is 0 Å². The van der Waals surface area contributed by atoms with Crippen molar-refractivity contribution in [1.82, 2.24) is 0 Å². The van der Waals surface area contributed by atoms with E-state index in [9.17, 15) is 14.0 Å². The summed E-state index contributed by atoms with van der Waals surface area (Å²) >= 11 is 0. The van der Waals surface area contributed by atoms with Crippen molar-refractivity contribution in [2.45, 2.75) is 12.8 Å². The van der Waals surface area contributed by atoms with E-state index >= 15 is 0 Å². The lowest BCUT2D eigenvalue weighted by atomic mass is 10.2. The maximum Gasteiger partial charge on any atom is 0.363 e. The normalized spacial score (nSPS) is 18.4. The molecule has 2 aromatic carbocycles. The molecule has 0 aliphatic carbocycles. The molecule has 26 heavy (non-hydrogen) atoms. The third-order valence-electron chi connectivity index (χ3n) is 4.32. The van der Waals surface area contributed by atoms with Gasteiger partial charge in [0.25, 0.3) is 0 Å². The largest absolute Gasteiger partial charge is 0.402 e. The molecule has 4 rings (SSSR count). The highest BCUT2D eigenvalue weighted by atomic mass is 19.1. The quantitative estimate of drug-likeness (QED) is 0.630. The second-order valence-electron chi connectivity index (χ2n) is 6.05. The fraction of sp³-hybridized carbons (Fsp3) is 0.150. The van der Waals surface area contributed by atoms with E-state index in [-0.39, 0.29) is 23.1 Å². The van der Waals surface area contributed by atoms with Crippen molar-refractivity contribution in [2.24, 2.45) is 4.99 Å². The zero-order valence-electron chi connectivity index (χ0n) is 13.8. The van der Waals surface area contributed by atoms with E-state index in [1.807, 2.05) is 0 Å². The van der Waals surface area contributed by atoms with Gasteiger partial charge in [-0.05, 0) is 42.8 Å². The van der Waals surface area contributed by atoms with Crippen LogP contribution in [0.25, 0.3) is 6.08 Å².